The molecule has 1 aromatic carbocycles. The largest absolute Gasteiger partial charge is 0.497 e. The summed E-state index contributed by atoms with van der Waals surface area (Å²) in [6.45, 7) is 12.0. The molecule has 2 nitrogen and oxygen atoms in total. The summed E-state index contributed by atoms with van der Waals surface area (Å²) in [5, 5.41) is 3.51. The van der Waals surface area contributed by atoms with Crippen LogP contribution >= 0.6 is 0 Å². The summed E-state index contributed by atoms with van der Waals surface area (Å²) in [7, 11) is 1.56. The quantitative estimate of drug-likeness (QED) is 0.795. The number of benzene rings is 1. The van der Waals surface area contributed by atoms with Crippen molar-refractivity contribution in [3.8, 4) is 5.75 Å². The van der Waals surface area contributed by atoms with Gasteiger partial charge in [-0.25, -0.2) is 4.39 Å². The Morgan fingerprint density at radius 2 is 1.76 bits per heavy atom. The molecule has 0 spiro atoms. The zero-order chi connectivity index (χ0) is 16.1. The number of hydrogen-bond acceptors (Lipinski definition) is 2. The summed E-state index contributed by atoms with van der Waals surface area (Å²) < 4.78 is 19.0. The Balaban J connectivity index is 2.49. The maximum Gasteiger partial charge on any atom is 0.130 e. The van der Waals surface area contributed by atoms with Gasteiger partial charge in [0.1, 0.15) is 11.6 Å². The second-order valence-electron chi connectivity index (χ2n) is 7.55. The molecule has 0 atom stereocenters. The molecule has 1 aromatic rings. The maximum absolute atomic E-state index is 13.9. The van der Waals surface area contributed by atoms with Gasteiger partial charge in [0.2, 0.25) is 0 Å². The van der Waals surface area contributed by atoms with Crippen LogP contribution in [0.5, 0.6) is 5.75 Å². The van der Waals surface area contributed by atoms with Gasteiger partial charge in [-0.15, -0.1) is 0 Å². The fourth-order valence-corrected chi connectivity index (χ4v) is 2.23. The number of hydrogen-bond donors (Lipinski definition) is 1. The topological polar surface area (TPSA) is 21.3 Å². The van der Waals surface area contributed by atoms with E-state index in [2.05, 4.69) is 39.9 Å². The predicted octanol–water partition coefficient (Wildman–Crippen LogP) is 4.57. The SMILES string of the molecule is COc1ccc(CCC(C)(C)CCNC(C)(C)C)c(F)c1. The van der Waals surface area contributed by atoms with E-state index in [0.717, 1.165) is 31.4 Å². The Bertz CT molecular complexity index is 449. The summed E-state index contributed by atoms with van der Waals surface area (Å²) >= 11 is 0. The average molecular weight is 295 g/mol. The standard InChI is InChI=1S/C18H30FNO/c1-17(2,3)20-12-11-18(4,5)10-9-14-7-8-15(21-6)13-16(14)19/h7-8,13,20H,9-12H2,1-6H3. The first-order valence-corrected chi connectivity index (χ1v) is 7.70. The molecule has 0 aliphatic heterocycles. The smallest absolute Gasteiger partial charge is 0.130 e. The van der Waals surface area contributed by atoms with Crippen LogP contribution < -0.4 is 10.1 Å². The average Bonchev–Trinajstić information content (AvgIpc) is 2.35. The molecule has 0 aliphatic rings. The number of methoxy groups -OCH3 is 1. The van der Waals surface area contributed by atoms with Crippen LogP contribution in [0.2, 0.25) is 0 Å². The van der Waals surface area contributed by atoms with E-state index >= 15 is 0 Å². The van der Waals surface area contributed by atoms with Crippen molar-refractivity contribution in [3.63, 3.8) is 0 Å². The van der Waals surface area contributed by atoms with Gasteiger partial charge in [-0.3, -0.25) is 0 Å². The summed E-state index contributed by atoms with van der Waals surface area (Å²) in [6.07, 6.45) is 2.82. The highest BCUT2D eigenvalue weighted by atomic mass is 19.1. The minimum Gasteiger partial charge on any atom is -0.497 e. The van der Waals surface area contributed by atoms with Crippen LogP contribution in [0, 0.1) is 11.2 Å². The summed E-state index contributed by atoms with van der Waals surface area (Å²) in [5.74, 6) is 0.405. The Labute approximate surface area is 129 Å². The zero-order valence-electron chi connectivity index (χ0n) is 14.3. The van der Waals surface area contributed by atoms with Gasteiger partial charge in [0, 0.05) is 11.6 Å². The van der Waals surface area contributed by atoms with E-state index < -0.39 is 0 Å². The number of halogens is 1. The van der Waals surface area contributed by atoms with Gasteiger partial charge in [-0.1, -0.05) is 19.9 Å². The Morgan fingerprint density at radius 3 is 2.29 bits per heavy atom. The normalized spacial score (nSPS) is 12.5. The molecular weight excluding hydrogens is 265 g/mol. The molecule has 0 bridgehead atoms. The van der Waals surface area contributed by atoms with Gasteiger partial charge in [0.05, 0.1) is 7.11 Å². The minimum absolute atomic E-state index is 0.151. The van der Waals surface area contributed by atoms with Gasteiger partial charge >= 0.3 is 0 Å². The van der Waals surface area contributed by atoms with Gasteiger partial charge in [-0.05, 0) is 63.6 Å². The minimum atomic E-state index is -0.169. The van der Waals surface area contributed by atoms with Crippen LogP contribution in [-0.2, 0) is 6.42 Å². The van der Waals surface area contributed by atoms with E-state index in [9.17, 15) is 4.39 Å². The fraction of sp³-hybridized carbons (Fsp3) is 0.667. The van der Waals surface area contributed by atoms with Crippen molar-refractivity contribution in [1.82, 2.24) is 5.32 Å². The number of aryl methyl sites for hydroxylation is 1. The van der Waals surface area contributed by atoms with Crippen LogP contribution in [0.3, 0.4) is 0 Å². The predicted molar refractivity (Wildman–Crippen MR) is 87.4 cm³/mol. The number of ether oxygens (including phenoxy) is 1. The monoisotopic (exact) mass is 295 g/mol. The molecule has 0 amide bonds. The van der Waals surface area contributed by atoms with E-state index in [0.29, 0.717) is 5.75 Å². The van der Waals surface area contributed by atoms with Crippen LogP contribution in [0.4, 0.5) is 4.39 Å². The highest BCUT2D eigenvalue weighted by molar-refractivity contribution is 5.29. The van der Waals surface area contributed by atoms with Gasteiger partial charge in [0.15, 0.2) is 0 Å². The first-order chi connectivity index (χ1) is 9.63. The van der Waals surface area contributed by atoms with E-state index in [-0.39, 0.29) is 16.8 Å². The first-order valence-electron chi connectivity index (χ1n) is 7.70. The van der Waals surface area contributed by atoms with Crippen LogP contribution in [0.15, 0.2) is 18.2 Å². The van der Waals surface area contributed by atoms with E-state index in [1.165, 1.54) is 6.07 Å². The third-order valence-corrected chi connectivity index (χ3v) is 3.79. The second-order valence-corrected chi connectivity index (χ2v) is 7.55. The molecule has 120 valence electrons. The van der Waals surface area contributed by atoms with Crippen molar-refractivity contribution in [2.75, 3.05) is 13.7 Å². The van der Waals surface area contributed by atoms with Crippen molar-refractivity contribution >= 4 is 0 Å². The number of rotatable bonds is 7. The lowest BCUT2D eigenvalue weighted by Crippen LogP contribution is -2.38. The molecule has 1 N–H and O–H groups in total. The van der Waals surface area contributed by atoms with Crippen LogP contribution in [-0.4, -0.2) is 19.2 Å². The molecule has 3 heteroatoms. The first kappa shape index (κ1) is 18.0. The van der Waals surface area contributed by atoms with Crippen molar-refractivity contribution in [1.29, 1.82) is 0 Å². The van der Waals surface area contributed by atoms with Crippen molar-refractivity contribution in [2.45, 2.75) is 59.4 Å². The lowest BCUT2D eigenvalue weighted by Gasteiger charge is -2.28. The Hall–Kier alpha value is -1.09. The highest BCUT2D eigenvalue weighted by Gasteiger charge is 2.19. The summed E-state index contributed by atoms with van der Waals surface area (Å²) in [5.41, 5.74) is 1.12. The van der Waals surface area contributed by atoms with Crippen LogP contribution in [0.25, 0.3) is 0 Å². The molecule has 0 unspecified atom stereocenters. The molecule has 21 heavy (non-hydrogen) atoms. The Kier molecular flexibility index (Phi) is 6.21. The second kappa shape index (κ2) is 7.26. The van der Waals surface area contributed by atoms with Crippen molar-refractivity contribution in [3.05, 3.63) is 29.6 Å². The lowest BCUT2D eigenvalue weighted by atomic mass is 9.83. The molecule has 0 aromatic heterocycles. The summed E-state index contributed by atoms with van der Waals surface area (Å²) in [4.78, 5) is 0. The number of nitrogens with one attached hydrogen (secondary N) is 1. The van der Waals surface area contributed by atoms with Crippen LogP contribution in [0.1, 0.15) is 53.0 Å². The lowest BCUT2D eigenvalue weighted by molar-refractivity contribution is 0.283. The van der Waals surface area contributed by atoms with Crippen molar-refractivity contribution in [2.24, 2.45) is 5.41 Å². The zero-order valence-corrected chi connectivity index (χ0v) is 14.3. The van der Waals surface area contributed by atoms with Gasteiger partial charge < -0.3 is 10.1 Å². The summed E-state index contributed by atoms with van der Waals surface area (Å²) in [6, 6.07) is 5.12. The third kappa shape index (κ3) is 6.94. The molecule has 1 rings (SSSR count). The molecule has 0 aliphatic carbocycles. The molecule has 0 fully saturated rings. The molecule has 0 radical (unpaired) electrons. The fourth-order valence-electron chi connectivity index (χ4n) is 2.23. The Morgan fingerprint density at radius 1 is 1.10 bits per heavy atom. The molecule has 0 saturated carbocycles. The molecule has 0 heterocycles. The highest BCUT2D eigenvalue weighted by Crippen LogP contribution is 2.28. The van der Waals surface area contributed by atoms with E-state index in [4.69, 9.17) is 4.74 Å². The van der Waals surface area contributed by atoms with E-state index in [1.54, 1.807) is 7.11 Å². The van der Waals surface area contributed by atoms with Gasteiger partial charge in [-0.2, -0.15) is 0 Å². The molecular formula is C18H30FNO. The molecule has 0 saturated heterocycles. The third-order valence-electron chi connectivity index (χ3n) is 3.79. The maximum atomic E-state index is 13.9. The van der Waals surface area contributed by atoms with Crippen molar-refractivity contribution < 1.29 is 9.13 Å². The van der Waals surface area contributed by atoms with E-state index in [1.807, 2.05) is 12.1 Å². The van der Waals surface area contributed by atoms with Gasteiger partial charge in [0.25, 0.3) is 0 Å².